The van der Waals surface area contributed by atoms with Crippen molar-refractivity contribution in [1.82, 2.24) is 33.8 Å². The largest absolute Gasteiger partial charge is 0.473 e. The van der Waals surface area contributed by atoms with E-state index in [0.29, 0.717) is 37.6 Å². The third kappa shape index (κ3) is 4.15. The van der Waals surface area contributed by atoms with Crippen molar-refractivity contribution >= 4 is 10.0 Å². The smallest absolute Gasteiger partial charge is 0.262 e. The molecule has 0 aromatic carbocycles. The maximum Gasteiger partial charge on any atom is 0.262 e. The highest BCUT2D eigenvalue weighted by atomic mass is 32.2. The van der Waals surface area contributed by atoms with Crippen molar-refractivity contribution in [3.05, 3.63) is 43.1 Å². The summed E-state index contributed by atoms with van der Waals surface area (Å²) >= 11 is 0. The Labute approximate surface area is 169 Å². The van der Waals surface area contributed by atoms with Crippen LogP contribution < -0.4 is 4.74 Å². The lowest BCUT2D eigenvalue weighted by molar-refractivity contribution is 0.128. The molecule has 3 aromatic rings. The monoisotopic (exact) mass is 417 g/mol. The second-order valence-corrected chi connectivity index (χ2v) is 9.04. The predicted octanol–water partition coefficient (Wildman–Crippen LogP) is 1.67. The summed E-state index contributed by atoms with van der Waals surface area (Å²) in [5.41, 5.74) is 0. The minimum atomic E-state index is -3.59. The van der Waals surface area contributed by atoms with E-state index in [1.165, 1.54) is 4.31 Å². The molecule has 3 aromatic heterocycles. The highest BCUT2D eigenvalue weighted by Crippen LogP contribution is 2.23. The Morgan fingerprint density at radius 2 is 1.97 bits per heavy atom. The van der Waals surface area contributed by atoms with Crippen LogP contribution in [0.15, 0.2) is 48.1 Å². The summed E-state index contributed by atoms with van der Waals surface area (Å²) in [6, 6.07) is 5.48. The highest BCUT2D eigenvalue weighted by Gasteiger charge is 2.32. The number of ether oxygens (including phenoxy) is 1. The average Bonchev–Trinajstić information content (AvgIpc) is 3.42. The predicted molar refractivity (Wildman–Crippen MR) is 104 cm³/mol. The molecule has 0 atom stereocenters. The molecular weight excluding hydrogens is 394 g/mol. The molecule has 10 nitrogen and oxygen atoms in total. The molecule has 154 valence electrons. The molecule has 1 aliphatic heterocycles. The Kier molecular flexibility index (Phi) is 5.33. The number of rotatable bonds is 6. The van der Waals surface area contributed by atoms with Gasteiger partial charge in [-0.25, -0.2) is 18.1 Å². The molecule has 0 saturated carbocycles. The van der Waals surface area contributed by atoms with Gasteiger partial charge in [0.05, 0.1) is 6.33 Å². The second-order valence-electron chi connectivity index (χ2n) is 7.15. The number of sulfonamides is 1. The van der Waals surface area contributed by atoms with Gasteiger partial charge in [-0.2, -0.15) is 9.40 Å². The van der Waals surface area contributed by atoms with Crippen LogP contribution in [0.2, 0.25) is 0 Å². The van der Waals surface area contributed by atoms with Crippen molar-refractivity contribution < 1.29 is 13.2 Å². The van der Waals surface area contributed by atoms with E-state index < -0.39 is 10.0 Å². The van der Waals surface area contributed by atoms with Gasteiger partial charge < -0.3 is 9.30 Å². The van der Waals surface area contributed by atoms with Crippen LogP contribution in [0.3, 0.4) is 0 Å². The number of nitrogens with zero attached hydrogens (tertiary/aromatic N) is 7. The fraction of sp³-hybridized carbons (Fsp3) is 0.444. The zero-order chi connectivity index (χ0) is 20.4. The van der Waals surface area contributed by atoms with Gasteiger partial charge in [-0.05, 0) is 38.8 Å². The van der Waals surface area contributed by atoms with Crippen LogP contribution >= 0.6 is 0 Å². The molecule has 1 aliphatic rings. The van der Waals surface area contributed by atoms with Gasteiger partial charge in [0, 0.05) is 43.8 Å². The molecule has 1 saturated heterocycles. The van der Waals surface area contributed by atoms with Crippen LogP contribution in [0.1, 0.15) is 32.7 Å². The van der Waals surface area contributed by atoms with E-state index in [4.69, 9.17) is 4.74 Å². The van der Waals surface area contributed by atoms with Gasteiger partial charge in [-0.1, -0.05) is 0 Å². The number of imidazole rings is 1. The molecule has 0 bridgehead atoms. The van der Waals surface area contributed by atoms with Crippen LogP contribution in [0, 0.1) is 0 Å². The Balaban J connectivity index is 1.35. The molecule has 0 unspecified atom stereocenters. The average molecular weight is 417 g/mol. The van der Waals surface area contributed by atoms with E-state index in [2.05, 4.69) is 20.3 Å². The zero-order valence-electron chi connectivity index (χ0n) is 16.3. The van der Waals surface area contributed by atoms with Gasteiger partial charge in [-0.3, -0.25) is 0 Å². The number of hydrogen-bond acceptors (Lipinski definition) is 7. The van der Waals surface area contributed by atoms with Crippen molar-refractivity contribution in [2.24, 2.45) is 0 Å². The lowest BCUT2D eigenvalue weighted by Gasteiger charge is -2.30. The number of hydrogen-bond donors (Lipinski definition) is 0. The maximum atomic E-state index is 12.8. The molecule has 29 heavy (non-hydrogen) atoms. The molecule has 0 aliphatic carbocycles. The van der Waals surface area contributed by atoms with Gasteiger partial charge in [0.15, 0.2) is 10.8 Å². The minimum Gasteiger partial charge on any atom is -0.473 e. The first-order valence-corrected chi connectivity index (χ1v) is 10.9. The molecule has 11 heteroatoms. The number of aromatic nitrogens is 6. The van der Waals surface area contributed by atoms with E-state index >= 15 is 0 Å². The summed E-state index contributed by atoms with van der Waals surface area (Å²) in [5, 5.41) is 12.4. The Bertz CT molecular complexity index is 1040. The first kappa shape index (κ1) is 19.5. The number of piperidine rings is 1. The molecule has 0 amide bonds. The van der Waals surface area contributed by atoms with E-state index in [-0.39, 0.29) is 17.2 Å². The minimum absolute atomic E-state index is 0.0886. The first-order chi connectivity index (χ1) is 13.9. The van der Waals surface area contributed by atoms with Crippen LogP contribution in [0.4, 0.5) is 0 Å². The van der Waals surface area contributed by atoms with Crippen molar-refractivity contribution in [3.8, 4) is 11.7 Å². The summed E-state index contributed by atoms with van der Waals surface area (Å²) < 4.78 is 36.4. The maximum absolute atomic E-state index is 12.8. The molecule has 4 heterocycles. The summed E-state index contributed by atoms with van der Waals surface area (Å²) in [4.78, 5) is 4.08. The summed E-state index contributed by atoms with van der Waals surface area (Å²) in [6.07, 6.45) is 7.63. The van der Waals surface area contributed by atoms with Crippen LogP contribution in [-0.2, 0) is 10.0 Å². The zero-order valence-corrected chi connectivity index (χ0v) is 17.1. The highest BCUT2D eigenvalue weighted by molar-refractivity contribution is 7.89. The van der Waals surface area contributed by atoms with E-state index in [1.807, 2.05) is 13.8 Å². The van der Waals surface area contributed by atoms with E-state index in [9.17, 15) is 8.42 Å². The Hall–Kier alpha value is -2.79. The lowest BCUT2D eigenvalue weighted by Crippen LogP contribution is -2.41. The molecular formula is C18H23N7O3S. The molecule has 0 N–H and O–H groups in total. The topological polar surface area (TPSA) is 108 Å². The quantitative estimate of drug-likeness (QED) is 0.600. The summed E-state index contributed by atoms with van der Waals surface area (Å²) in [7, 11) is -3.59. The SMILES string of the molecule is CC(C)n1cnc(S(=O)(=O)N2CCC(Oc3ccc(-n4cccn4)nn3)CC2)c1. The Morgan fingerprint density at radius 1 is 1.17 bits per heavy atom. The van der Waals surface area contributed by atoms with Crippen LogP contribution in [0.25, 0.3) is 5.82 Å². The normalized spacial score (nSPS) is 16.4. The van der Waals surface area contributed by atoms with Crippen LogP contribution in [0.5, 0.6) is 5.88 Å². The molecule has 0 spiro atoms. The van der Waals surface area contributed by atoms with Crippen LogP contribution in [-0.4, -0.2) is 61.4 Å². The van der Waals surface area contributed by atoms with E-state index in [0.717, 1.165) is 0 Å². The van der Waals surface area contributed by atoms with Crippen molar-refractivity contribution in [2.75, 3.05) is 13.1 Å². The fourth-order valence-electron chi connectivity index (χ4n) is 3.13. The second kappa shape index (κ2) is 7.91. The van der Waals surface area contributed by atoms with Gasteiger partial charge in [0.1, 0.15) is 6.10 Å². The van der Waals surface area contributed by atoms with Gasteiger partial charge >= 0.3 is 0 Å². The van der Waals surface area contributed by atoms with Gasteiger partial charge in [-0.15, -0.1) is 10.2 Å². The Morgan fingerprint density at radius 3 is 2.55 bits per heavy atom. The summed E-state index contributed by atoms with van der Waals surface area (Å²) in [6.45, 7) is 4.71. The van der Waals surface area contributed by atoms with Gasteiger partial charge in [0.25, 0.3) is 10.0 Å². The third-order valence-corrected chi connectivity index (χ3v) is 6.62. The van der Waals surface area contributed by atoms with Crippen molar-refractivity contribution in [3.63, 3.8) is 0 Å². The molecule has 4 rings (SSSR count). The van der Waals surface area contributed by atoms with Crippen molar-refractivity contribution in [1.29, 1.82) is 0 Å². The first-order valence-electron chi connectivity index (χ1n) is 9.47. The van der Waals surface area contributed by atoms with Crippen molar-refractivity contribution in [2.45, 2.75) is 43.9 Å². The fourth-order valence-corrected chi connectivity index (χ4v) is 4.52. The standard InChI is InChI=1S/C18H23N7O3S/c1-14(2)23-12-18(19-13-23)29(26,27)24-10-6-15(7-11-24)28-17-5-4-16(21-22-17)25-9-3-8-20-25/h3-5,8-9,12-15H,6-7,10-11H2,1-2H3. The third-order valence-electron chi connectivity index (χ3n) is 4.83. The molecule has 0 radical (unpaired) electrons. The molecule has 1 fully saturated rings. The van der Waals surface area contributed by atoms with Gasteiger partial charge in [0.2, 0.25) is 5.88 Å². The lowest BCUT2D eigenvalue weighted by atomic mass is 10.1. The summed E-state index contributed by atoms with van der Waals surface area (Å²) in [5.74, 6) is 1.02. The van der Waals surface area contributed by atoms with E-state index in [1.54, 1.807) is 52.4 Å².